The van der Waals surface area contributed by atoms with E-state index in [1.807, 2.05) is 32.0 Å². The summed E-state index contributed by atoms with van der Waals surface area (Å²) in [5, 5.41) is 14.2. The smallest absolute Gasteiger partial charge is 0.293 e. The van der Waals surface area contributed by atoms with Crippen LogP contribution in [0.2, 0.25) is 0 Å². The number of anilines is 2. The monoisotopic (exact) mass is 284 g/mol. The average Bonchev–Trinajstić information content (AvgIpc) is 2.43. The molecule has 1 N–H and O–H groups in total. The van der Waals surface area contributed by atoms with Crippen LogP contribution in [0.1, 0.15) is 28.4 Å². The molecule has 0 aromatic heterocycles. The summed E-state index contributed by atoms with van der Waals surface area (Å²) in [7, 11) is 0. The lowest BCUT2D eigenvalue weighted by molar-refractivity contribution is -0.383. The van der Waals surface area contributed by atoms with Crippen molar-refractivity contribution in [2.75, 3.05) is 5.32 Å². The highest BCUT2D eigenvalue weighted by atomic mass is 16.6. The number of hydrogen-bond acceptors (Lipinski definition) is 4. The first kappa shape index (κ1) is 14.7. The van der Waals surface area contributed by atoms with Crippen LogP contribution in [0.5, 0.6) is 0 Å². The number of carbonyl (C=O) groups is 1. The second-order valence-corrected chi connectivity index (χ2v) is 4.97. The van der Waals surface area contributed by atoms with Crippen molar-refractivity contribution >= 4 is 22.8 Å². The molecule has 0 bridgehead atoms. The van der Waals surface area contributed by atoms with Crippen molar-refractivity contribution in [1.82, 2.24) is 0 Å². The maximum Gasteiger partial charge on any atom is 0.293 e. The standard InChI is InChI=1S/C16H16N2O3/c1-10-4-6-14(8-11(10)2)17-15-7-5-13(12(3)19)9-16(15)18(20)21/h4-9,17H,1-3H3. The molecule has 0 unspecified atom stereocenters. The van der Waals surface area contributed by atoms with Crippen LogP contribution in [0.3, 0.4) is 0 Å². The minimum absolute atomic E-state index is 0.110. The fraction of sp³-hybridized carbons (Fsp3) is 0.188. The third-order valence-corrected chi connectivity index (χ3v) is 3.39. The molecule has 2 aromatic carbocycles. The molecule has 0 aliphatic carbocycles. The van der Waals surface area contributed by atoms with Gasteiger partial charge in [0.25, 0.3) is 5.69 Å². The normalized spacial score (nSPS) is 10.2. The van der Waals surface area contributed by atoms with Crippen molar-refractivity contribution in [3.8, 4) is 0 Å². The fourth-order valence-corrected chi connectivity index (χ4v) is 1.98. The molecule has 0 amide bonds. The van der Waals surface area contributed by atoms with Crippen LogP contribution < -0.4 is 5.32 Å². The maximum absolute atomic E-state index is 11.3. The van der Waals surface area contributed by atoms with Gasteiger partial charge in [0.05, 0.1) is 4.92 Å². The van der Waals surface area contributed by atoms with E-state index in [4.69, 9.17) is 0 Å². The molecule has 0 aliphatic heterocycles. The van der Waals surface area contributed by atoms with Crippen LogP contribution in [0, 0.1) is 24.0 Å². The number of nitrogens with zero attached hydrogens (tertiary/aromatic N) is 1. The molecule has 2 rings (SSSR count). The van der Waals surface area contributed by atoms with Gasteiger partial charge in [-0.1, -0.05) is 6.07 Å². The van der Waals surface area contributed by atoms with Gasteiger partial charge in [-0.3, -0.25) is 14.9 Å². The lowest BCUT2D eigenvalue weighted by Crippen LogP contribution is -2.00. The van der Waals surface area contributed by atoms with Gasteiger partial charge in [-0.05, 0) is 56.2 Å². The molecule has 0 aliphatic rings. The zero-order chi connectivity index (χ0) is 15.6. The number of carbonyl (C=O) groups excluding carboxylic acids is 1. The summed E-state index contributed by atoms with van der Waals surface area (Å²) in [5.74, 6) is -0.198. The Morgan fingerprint density at radius 3 is 2.38 bits per heavy atom. The van der Waals surface area contributed by atoms with Crippen LogP contribution in [0.25, 0.3) is 0 Å². The summed E-state index contributed by atoms with van der Waals surface area (Å²) >= 11 is 0. The quantitative estimate of drug-likeness (QED) is 0.520. The first-order chi connectivity index (χ1) is 9.88. The van der Waals surface area contributed by atoms with E-state index >= 15 is 0 Å². The van der Waals surface area contributed by atoms with E-state index in [0.29, 0.717) is 11.3 Å². The largest absolute Gasteiger partial charge is 0.350 e. The van der Waals surface area contributed by atoms with Gasteiger partial charge in [0.1, 0.15) is 5.69 Å². The number of nitro benzene ring substituents is 1. The molecule has 21 heavy (non-hydrogen) atoms. The van der Waals surface area contributed by atoms with E-state index in [-0.39, 0.29) is 11.5 Å². The van der Waals surface area contributed by atoms with Crippen LogP contribution in [0.4, 0.5) is 17.1 Å². The first-order valence-corrected chi connectivity index (χ1v) is 6.52. The van der Waals surface area contributed by atoms with E-state index in [9.17, 15) is 14.9 Å². The third kappa shape index (κ3) is 3.25. The van der Waals surface area contributed by atoms with Gasteiger partial charge in [-0.15, -0.1) is 0 Å². The lowest BCUT2D eigenvalue weighted by atomic mass is 10.1. The van der Waals surface area contributed by atoms with Crippen molar-refractivity contribution < 1.29 is 9.72 Å². The number of ketones is 1. The Balaban J connectivity index is 2.41. The van der Waals surface area contributed by atoms with Gasteiger partial charge in [-0.2, -0.15) is 0 Å². The predicted molar refractivity (Wildman–Crippen MR) is 82.3 cm³/mol. The van der Waals surface area contributed by atoms with E-state index in [2.05, 4.69) is 5.32 Å². The van der Waals surface area contributed by atoms with Crippen molar-refractivity contribution in [2.24, 2.45) is 0 Å². The Labute approximate surface area is 122 Å². The molecule has 0 heterocycles. The fourth-order valence-electron chi connectivity index (χ4n) is 1.98. The molecule has 0 spiro atoms. The van der Waals surface area contributed by atoms with Crippen LogP contribution >= 0.6 is 0 Å². The van der Waals surface area contributed by atoms with Gasteiger partial charge >= 0.3 is 0 Å². The topological polar surface area (TPSA) is 72.2 Å². The highest BCUT2D eigenvalue weighted by Crippen LogP contribution is 2.29. The average molecular weight is 284 g/mol. The third-order valence-electron chi connectivity index (χ3n) is 3.39. The van der Waals surface area contributed by atoms with Crippen molar-refractivity contribution in [3.63, 3.8) is 0 Å². The second kappa shape index (κ2) is 5.75. The molecule has 0 radical (unpaired) electrons. The van der Waals surface area contributed by atoms with Crippen LogP contribution in [0.15, 0.2) is 36.4 Å². The zero-order valence-corrected chi connectivity index (χ0v) is 12.1. The van der Waals surface area contributed by atoms with Crippen molar-refractivity contribution in [3.05, 3.63) is 63.2 Å². The number of nitrogens with one attached hydrogen (secondary N) is 1. The highest BCUT2D eigenvalue weighted by Gasteiger charge is 2.16. The number of benzene rings is 2. The molecule has 5 heteroatoms. The molecule has 2 aromatic rings. The molecule has 0 saturated carbocycles. The summed E-state index contributed by atoms with van der Waals surface area (Å²) in [5.41, 5.74) is 3.61. The predicted octanol–water partition coefficient (Wildman–Crippen LogP) is 4.16. The minimum atomic E-state index is -0.490. The second-order valence-electron chi connectivity index (χ2n) is 4.97. The van der Waals surface area contributed by atoms with Crippen LogP contribution in [-0.2, 0) is 0 Å². The maximum atomic E-state index is 11.3. The molecule has 0 atom stereocenters. The Morgan fingerprint density at radius 2 is 1.81 bits per heavy atom. The van der Waals surface area contributed by atoms with Gasteiger partial charge in [-0.25, -0.2) is 0 Å². The van der Waals surface area contributed by atoms with E-state index in [0.717, 1.165) is 16.8 Å². The van der Waals surface area contributed by atoms with Crippen molar-refractivity contribution in [2.45, 2.75) is 20.8 Å². The zero-order valence-electron chi connectivity index (χ0n) is 12.1. The van der Waals surface area contributed by atoms with Gasteiger partial charge < -0.3 is 5.32 Å². The van der Waals surface area contributed by atoms with E-state index in [1.165, 1.54) is 13.0 Å². The van der Waals surface area contributed by atoms with E-state index < -0.39 is 4.92 Å². The lowest BCUT2D eigenvalue weighted by Gasteiger charge is -2.10. The molecule has 108 valence electrons. The highest BCUT2D eigenvalue weighted by molar-refractivity contribution is 5.95. The summed E-state index contributed by atoms with van der Waals surface area (Å²) in [4.78, 5) is 22.0. The number of hydrogen-bond donors (Lipinski definition) is 1. The number of aryl methyl sites for hydroxylation is 2. The Morgan fingerprint density at radius 1 is 1.10 bits per heavy atom. The van der Waals surface area contributed by atoms with Crippen LogP contribution in [-0.4, -0.2) is 10.7 Å². The Hall–Kier alpha value is -2.69. The Bertz CT molecular complexity index is 723. The molecule has 5 nitrogen and oxygen atoms in total. The number of nitro groups is 1. The number of rotatable bonds is 4. The van der Waals surface area contributed by atoms with Gasteiger partial charge in [0.15, 0.2) is 5.78 Å². The van der Waals surface area contributed by atoms with Gasteiger partial charge in [0, 0.05) is 17.3 Å². The number of Topliss-reactive ketones (excluding diaryl/α,β-unsaturated/α-hetero) is 1. The SMILES string of the molecule is CC(=O)c1ccc(Nc2ccc(C)c(C)c2)c([N+](=O)[O-])c1. The summed E-state index contributed by atoms with van der Waals surface area (Å²) in [6.07, 6.45) is 0. The minimum Gasteiger partial charge on any atom is -0.350 e. The summed E-state index contributed by atoms with van der Waals surface area (Å²) in [6, 6.07) is 10.2. The molecule has 0 fully saturated rings. The van der Waals surface area contributed by atoms with Gasteiger partial charge in [0.2, 0.25) is 0 Å². The molecular weight excluding hydrogens is 268 g/mol. The Kier molecular flexibility index (Phi) is 4.03. The first-order valence-electron chi connectivity index (χ1n) is 6.52. The molecular formula is C16H16N2O3. The summed E-state index contributed by atoms with van der Waals surface area (Å²) in [6.45, 7) is 5.37. The van der Waals surface area contributed by atoms with E-state index in [1.54, 1.807) is 12.1 Å². The molecule has 0 saturated heterocycles. The van der Waals surface area contributed by atoms with Crippen molar-refractivity contribution in [1.29, 1.82) is 0 Å². The summed E-state index contributed by atoms with van der Waals surface area (Å²) < 4.78 is 0.